The fourth-order valence-electron chi connectivity index (χ4n) is 2.03. The van der Waals surface area contributed by atoms with E-state index in [1.54, 1.807) is 34.8 Å². The molecule has 2 heterocycles. The number of nitriles is 1. The van der Waals surface area contributed by atoms with Crippen molar-refractivity contribution < 1.29 is 4.39 Å². The first-order valence-electron chi connectivity index (χ1n) is 6.74. The Kier molecular flexibility index (Phi) is 4.30. The summed E-state index contributed by atoms with van der Waals surface area (Å²) in [5.74, 6) is 0.532. The summed E-state index contributed by atoms with van der Waals surface area (Å²) < 4.78 is 14.7. The molecule has 0 unspecified atom stereocenters. The number of hydrogen-bond donors (Lipinski definition) is 0. The molecule has 0 amide bonds. The van der Waals surface area contributed by atoms with Crippen LogP contribution in [0.3, 0.4) is 0 Å². The molecule has 0 N–H and O–H groups in total. The Balaban J connectivity index is 1.91. The van der Waals surface area contributed by atoms with E-state index in [1.165, 1.54) is 18.5 Å². The molecule has 0 saturated carbocycles. The van der Waals surface area contributed by atoms with Crippen LogP contribution in [0.1, 0.15) is 12.8 Å². The van der Waals surface area contributed by atoms with Gasteiger partial charge in [-0.25, -0.2) is 19.0 Å². The van der Waals surface area contributed by atoms with Crippen LogP contribution in [0.15, 0.2) is 41.8 Å². The first-order chi connectivity index (χ1) is 10.8. The summed E-state index contributed by atoms with van der Waals surface area (Å²) >= 11 is 1.59. The van der Waals surface area contributed by atoms with E-state index in [-0.39, 0.29) is 5.82 Å². The number of halogens is 1. The number of aromatic nitrogens is 4. The van der Waals surface area contributed by atoms with Crippen molar-refractivity contribution in [2.24, 2.45) is 0 Å². The molecule has 5 nitrogen and oxygen atoms in total. The van der Waals surface area contributed by atoms with Gasteiger partial charge in [0.1, 0.15) is 17.2 Å². The van der Waals surface area contributed by atoms with Crippen LogP contribution in [0, 0.1) is 17.1 Å². The van der Waals surface area contributed by atoms with Gasteiger partial charge in [-0.3, -0.25) is 0 Å². The van der Waals surface area contributed by atoms with Crippen LogP contribution in [0.4, 0.5) is 4.39 Å². The lowest BCUT2D eigenvalue weighted by molar-refractivity contribution is 0.627. The quantitative estimate of drug-likeness (QED) is 0.410. The molecule has 0 radical (unpaired) electrons. The molecule has 0 atom stereocenters. The average Bonchev–Trinajstić information content (AvgIpc) is 2.97. The van der Waals surface area contributed by atoms with Crippen LogP contribution in [0.5, 0.6) is 0 Å². The van der Waals surface area contributed by atoms with Crippen molar-refractivity contribution in [2.75, 3.05) is 5.75 Å². The fraction of sp³-hybridized carbons (Fsp3) is 0.200. The van der Waals surface area contributed by atoms with Gasteiger partial charge < -0.3 is 0 Å². The van der Waals surface area contributed by atoms with Gasteiger partial charge in [0.2, 0.25) is 0 Å². The lowest BCUT2D eigenvalue weighted by Crippen LogP contribution is -1.98. The molecule has 0 fully saturated rings. The second kappa shape index (κ2) is 6.54. The Morgan fingerprint density at radius 2 is 2.05 bits per heavy atom. The van der Waals surface area contributed by atoms with Crippen LogP contribution < -0.4 is 0 Å². The third-order valence-electron chi connectivity index (χ3n) is 3.07. The lowest BCUT2D eigenvalue weighted by Gasteiger charge is -2.04. The molecule has 1 aromatic carbocycles. The number of benzene rings is 1. The number of fused-ring (bicyclic) bond motifs is 1. The summed E-state index contributed by atoms with van der Waals surface area (Å²) in [5.41, 5.74) is 1.43. The van der Waals surface area contributed by atoms with E-state index in [4.69, 9.17) is 5.26 Å². The van der Waals surface area contributed by atoms with Gasteiger partial charge >= 0.3 is 0 Å². The maximum absolute atomic E-state index is 13.0. The van der Waals surface area contributed by atoms with Crippen LogP contribution >= 0.6 is 11.8 Å². The van der Waals surface area contributed by atoms with Crippen molar-refractivity contribution in [1.82, 2.24) is 19.7 Å². The maximum Gasteiger partial charge on any atom is 0.167 e. The third-order valence-corrected chi connectivity index (χ3v) is 4.16. The van der Waals surface area contributed by atoms with Crippen molar-refractivity contribution in [1.29, 1.82) is 5.26 Å². The van der Waals surface area contributed by atoms with Crippen LogP contribution in [0.25, 0.3) is 16.7 Å². The smallest absolute Gasteiger partial charge is 0.167 e. The molecule has 3 rings (SSSR count). The standard InChI is InChI=1S/C15H12FN5S/c16-11-3-5-12(6-4-11)21-14-13(9-20-21)15(19-10-18-14)22-8-2-1-7-17/h3-6,9-10H,1-2,8H2. The van der Waals surface area contributed by atoms with Crippen LogP contribution in [-0.2, 0) is 0 Å². The van der Waals surface area contributed by atoms with E-state index in [0.717, 1.165) is 28.3 Å². The molecule has 7 heteroatoms. The second-order valence-electron chi connectivity index (χ2n) is 4.56. The van der Waals surface area contributed by atoms with Gasteiger partial charge in [-0.05, 0) is 30.7 Å². The minimum atomic E-state index is -0.288. The normalized spacial score (nSPS) is 10.7. The van der Waals surface area contributed by atoms with Gasteiger partial charge in [0.05, 0.1) is 23.3 Å². The molecule has 0 aliphatic rings. The van der Waals surface area contributed by atoms with E-state index in [1.807, 2.05) is 0 Å². The summed E-state index contributed by atoms with van der Waals surface area (Å²) in [5, 5.41) is 14.6. The topological polar surface area (TPSA) is 67.4 Å². The highest BCUT2D eigenvalue weighted by Crippen LogP contribution is 2.26. The number of rotatable bonds is 5. The highest BCUT2D eigenvalue weighted by molar-refractivity contribution is 7.99. The highest BCUT2D eigenvalue weighted by Gasteiger charge is 2.11. The maximum atomic E-state index is 13.0. The largest absolute Gasteiger partial charge is 0.229 e. The van der Waals surface area contributed by atoms with Crippen molar-refractivity contribution in [3.63, 3.8) is 0 Å². The van der Waals surface area contributed by atoms with Crippen LogP contribution in [-0.4, -0.2) is 25.5 Å². The summed E-state index contributed by atoms with van der Waals surface area (Å²) in [7, 11) is 0. The molecule has 22 heavy (non-hydrogen) atoms. The fourth-order valence-corrected chi connectivity index (χ4v) is 2.93. The molecule has 0 saturated heterocycles. The van der Waals surface area contributed by atoms with E-state index in [2.05, 4.69) is 21.1 Å². The van der Waals surface area contributed by atoms with Crippen molar-refractivity contribution >= 4 is 22.8 Å². The Labute approximate surface area is 130 Å². The van der Waals surface area contributed by atoms with Crippen molar-refractivity contribution in [2.45, 2.75) is 17.9 Å². The number of nitrogens with zero attached hydrogens (tertiary/aromatic N) is 5. The molecule has 0 aliphatic carbocycles. The number of hydrogen-bond acceptors (Lipinski definition) is 5. The lowest BCUT2D eigenvalue weighted by atomic mass is 10.3. The second-order valence-corrected chi connectivity index (χ2v) is 5.64. The molecule has 0 spiro atoms. The molecule has 2 aromatic heterocycles. The Morgan fingerprint density at radius 1 is 1.23 bits per heavy atom. The monoisotopic (exact) mass is 313 g/mol. The molecule has 110 valence electrons. The molecular weight excluding hydrogens is 301 g/mol. The minimum Gasteiger partial charge on any atom is -0.229 e. The summed E-state index contributed by atoms with van der Waals surface area (Å²) in [6, 6.07) is 8.22. The van der Waals surface area contributed by atoms with Gasteiger partial charge in [0.25, 0.3) is 0 Å². The number of unbranched alkanes of at least 4 members (excludes halogenated alkanes) is 1. The average molecular weight is 313 g/mol. The van der Waals surface area contributed by atoms with Gasteiger partial charge in [-0.2, -0.15) is 10.4 Å². The predicted octanol–water partition coefficient (Wildman–Crippen LogP) is 3.35. The van der Waals surface area contributed by atoms with E-state index in [9.17, 15) is 4.39 Å². The van der Waals surface area contributed by atoms with Crippen molar-refractivity contribution in [3.8, 4) is 11.8 Å². The van der Waals surface area contributed by atoms with Gasteiger partial charge in [0.15, 0.2) is 5.65 Å². The third kappa shape index (κ3) is 2.92. The molecular formula is C15H12FN5S. The summed E-state index contributed by atoms with van der Waals surface area (Å²) in [6.07, 6.45) is 4.57. The molecule has 0 bridgehead atoms. The molecule has 3 aromatic rings. The zero-order valence-electron chi connectivity index (χ0n) is 11.6. The predicted molar refractivity (Wildman–Crippen MR) is 82.2 cm³/mol. The summed E-state index contributed by atoms with van der Waals surface area (Å²) in [6.45, 7) is 0. The summed E-state index contributed by atoms with van der Waals surface area (Å²) in [4.78, 5) is 8.56. The van der Waals surface area contributed by atoms with E-state index < -0.39 is 0 Å². The first-order valence-corrected chi connectivity index (χ1v) is 7.72. The Hall–Kier alpha value is -2.46. The SMILES string of the molecule is N#CCCCSc1ncnc2c1cnn2-c1ccc(F)cc1. The zero-order valence-corrected chi connectivity index (χ0v) is 12.4. The van der Waals surface area contributed by atoms with Crippen molar-refractivity contribution in [3.05, 3.63) is 42.6 Å². The Morgan fingerprint density at radius 3 is 2.82 bits per heavy atom. The zero-order chi connectivity index (χ0) is 15.4. The van der Waals surface area contributed by atoms with Gasteiger partial charge in [0, 0.05) is 12.2 Å². The highest BCUT2D eigenvalue weighted by atomic mass is 32.2. The van der Waals surface area contributed by atoms with Gasteiger partial charge in [-0.1, -0.05) is 0 Å². The molecule has 0 aliphatic heterocycles. The first kappa shape index (κ1) is 14.5. The van der Waals surface area contributed by atoms with E-state index in [0.29, 0.717) is 12.1 Å². The Bertz CT molecular complexity index is 822. The van der Waals surface area contributed by atoms with Crippen LogP contribution in [0.2, 0.25) is 0 Å². The number of thioether (sulfide) groups is 1. The van der Waals surface area contributed by atoms with Gasteiger partial charge in [-0.15, -0.1) is 11.8 Å². The van der Waals surface area contributed by atoms with E-state index >= 15 is 0 Å². The minimum absolute atomic E-state index is 0.288.